The molecule has 0 radical (unpaired) electrons. The molecule has 0 atom stereocenters. The van der Waals surface area contributed by atoms with Crippen LogP contribution < -0.4 is 4.74 Å². The van der Waals surface area contributed by atoms with Gasteiger partial charge in [-0.25, -0.2) is 4.39 Å². The SMILES string of the molecule is CCCC(=O)COc1ccc(F)cc1Br. The van der Waals surface area contributed by atoms with Crippen molar-refractivity contribution in [1.82, 2.24) is 0 Å². The molecule has 1 aromatic carbocycles. The molecule has 0 amide bonds. The second-order valence-electron chi connectivity index (χ2n) is 3.15. The van der Waals surface area contributed by atoms with Crippen molar-refractivity contribution in [3.05, 3.63) is 28.5 Å². The lowest BCUT2D eigenvalue weighted by atomic mass is 10.2. The second-order valence-corrected chi connectivity index (χ2v) is 4.01. The zero-order valence-electron chi connectivity index (χ0n) is 8.43. The summed E-state index contributed by atoms with van der Waals surface area (Å²) in [6.07, 6.45) is 1.32. The Labute approximate surface area is 96.6 Å². The molecular weight excluding hydrogens is 263 g/mol. The van der Waals surface area contributed by atoms with Gasteiger partial charge in [0, 0.05) is 6.42 Å². The van der Waals surface area contributed by atoms with Gasteiger partial charge in [-0.1, -0.05) is 6.92 Å². The number of ether oxygens (including phenoxy) is 1. The molecule has 0 fully saturated rings. The molecule has 4 heteroatoms. The summed E-state index contributed by atoms with van der Waals surface area (Å²) >= 11 is 3.16. The van der Waals surface area contributed by atoms with Crippen molar-refractivity contribution in [2.24, 2.45) is 0 Å². The fourth-order valence-corrected chi connectivity index (χ4v) is 1.57. The molecule has 0 aliphatic carbocycles. The maximum absolute atomic E-state index is 12.7. The van der Waals surface area contributed by atoms with E-state index in [9.17, 15) is 9.18 Å². The lowest BCUT2D eigenvalue weighted by Crippen LogP contribution is -2.10. The van der Waals surface area contributed by atoms with E-state index >= 15 is 0 Å². The van der Waals surface area contributed by atoms with Crippen LogP contribution in [0, 0.1) is 5.82 Å². The van der Waals surface area contributed by atoms with Gasteiger partial charge < -0.3 is 4.74 Å². The zero-order chi connectivity index (χ0) is 11.3. The summed E-state index contributed by atoms with van der Waals surface area (Å²) in [6, 6.07) is 4.10. The Morgan fingerprint density at radius 2 is 2.27 bits per heavy atom. The Hall–Kier alpha value is -0.900. The fourth-order valence-electron chi connectivity index (χ4n) is 1.10. The Balaban J connectivity index is 2.54. The van der Waals surface area contributed by atoms with Crippen LogP contribution >= 0.6 is 15.9 Å². The van der Waals surface area contributed by atoms with Crippen molar-refractivity contribution in [1.29, 1.82) is 0 Å². The van der Waals surface area contributed by atoms with Crippen molar-refractivity contribution in [2.75, 3.05) is 6.61 Å². The molecule has 0 aromatic heterocycles. The van der Waals surface area contributed by atoms with E-state index in [2.05, 4.69) is 15.9 Å². The summed E-state index contributed by atoms with van der Waals surface area (Å²) in [7, 11) is 0. The van der Waals surface area contributed by atoms with Gasteiger partial charge in [0.05, 0.1) is 4.47 Å². The topological polar surface area (TPSA) is 26.3 Å². The largest absolute Gasteiger partial charge is 0.485 e. The summed E-state index contributed by atoms with van der Waals surface area (Å²) in [5.74, 6) is 0.198. The molecule has 0 heterocycles. The van der Waals surface area contributed by atoms with Gasteiger partial charge in [0.15, 0.2) is 5.78 Å². The van der Waals surface area contributed by atoms with Crippen molar-refractivity contribution in [2.45, 2.75) is 19.8 Å². The highest BCUT2D eigenvalue weighted by atomic mass is 79.9. The highest BCUT2D eigenvalue weighted by molar-refractivity contribution is 9.10. The third kappa shape index (κ3) is 4.00. The number of hydrogen-bond donors (Lipinski definition) is 0. The molecule has 82 valence electrons. The molecule has 2 nitrogen and oxygen atoms in total. The molecule has 1 aromatic rings. The van der Waals surface area contributed by atoms with Crippen LogP contribution in [-0.2, 0) is 4.79 Å². The predicted molar refractivity (Wildman–Crippen MR) is 59.5 cm³/mol. The first-order chi connectivity index (χ1) is 7.13. The van der Waals surface area contributed by atoms with Crippen LogP contribution in [-0.4, -0.2) is 12.4 Å². The first kappa shape index (κ1) is 12.2. The van der Waals surface area contributed by atoms with Crippen LogP contribution in [0.5, 0.6) is 5.75 Å². The van der Waals surface area contributed by atoms with E-state index in [1.165, 1.54) is 18.2 Å². The van der Waals surface area contributed by atoms with Crippen LogP contribution in [0.15, 0.2) is 22.7 Å². The minimum Gasteiger partial charge on any atom is -0.485 e. The molecule has 0 N–H and O–H groups in total. The Morgan fingerprint density at radius 3 is 2.87 bits per heavy atom. The average molecular weight is 275 g/mol. The summed E-state index contributed by atoms with van der Waals surface area (Å²) in [4.78, 5) is 11.2. The van der Waals surface area contributed by atoms with Crippen LogP contribution in [0.4, 0.5) is 4.39 Å². The van der Waals surface area contributed by atoms with Crippen molar-refractivity contribution >= 4 is 21.7 Å². The lowest BCUT2D eigenvalue weighted by molar-refractivity contribution is -0.121. The summed E-state index contributed by atoms with van der Waals surface area (Å²) < 4.78 is 18.5. The maximum Gasteiger partial charge on any atom is 0.170 e. The van der Waals surface area contributed by atoms with Gasteiger partial charge in [-0.15, -0.1) is 0 Å². The van der Waals surface area contributed by atoms with Gasteiger partial charge in [0.25, 0.3) is 0 Å². The molecule has 0 aliphatic heterocycles. The number of benzene rings is 1. The molecule has 15 heavy (non-hydrogen) atoms. The van der Waals surface area contributed by atoms with E-state index < -0.39 is 0 Å². The summed E-state index contributed by atoms with van der Waals surface area (Å²) in [6.45, 7) is 1.98. The third-order valence-corrected chi connectivity index (χ3v) is 2.43. The number of rotatable bonds is 5. The molecule has 0 spiro atoms. The standard InChI is InChI=1S/C11H12BrFO2/c1-2-3-9(14)7-15-11-5-4-8(13)6-10(11)12/h4-6H,2-3,7H2,1H3. The Morgan fingerprint density at radius 1 is 1.53 bits per heavy atom. The van der Waals surface area contributed by atoms with Gasteiger partial charge in [0.1, 0.15) is 18.2 Å². The maximum atomic E-state index is 12.7. The normalized spacial score (nSPS) is 10.1. The summed E-state index contributed by atoms with van der Waals surface area (Å²) in [5, 5.41) is 0. The number of ketones is 1. The monoisotopic (exact) mass is 274 g/mol. The van der Waals surface area contributed by atoms with Gasteiger partial charge >= 0.3 is 0 Å². The number of carbonyl (C=O) groups is 1. The molecule has 0 saturated heterocycles. The number of halogens is 2. The van der Waals surface area contributed by atoms with E-state index in [0.717, 1.165) is 6.42 Å². The van der Waals surface area contributed by atoms with Crippen LogP contribution in [0.1, 0.15) is 19.8 Å². The van der Waals surface area contributed by atoms with Crippen LogP contribution in [0.25, 0.3) is 0 Å². The minimum atomic E-state index is -0.339. The smallest absolute Gasteiger partial charge is 0.170 e. The fraction of sp³-hybridized carbons (Fsp3) is 0.364. The molecule has 0 aliphatic rings. The van der Waals surface area contributed by atoms with E-state index in [1.807, 2.05) is 6.92 Å². The van der Waals surface area contributed by atoms with Gasteiger partial charge in [-0.3, -0.25) is 4.79 Å². The molecule has 0 bridgehead atoms. The third-order valence-electron chi connectivity index (χ3n) is 1.81. The van der Waals surface area contributed by atoms with Crippen molar-refractivity contribution in [3.8, 4) is 5.75 Å². The van der Waals surface area contributed by atoms with Crippen LogP contribution in [0.3, 0.4) is 0 Å². The van der Waals surface area contributed by atoms with Crippen molar-refractivity contribution < 1.29 is 13.9 Å². The van der Waals surface area contributed by atoms with E-state index in [4.69, 9.17) is 4.74 Å². The highest BCUT2D eigenvalue weighted by Gasteiger charge is 2.05. The number of hydrogen-bond acceptors (Lipinski definition) is 2. The molecule has 0 unspecified atom stereocenters. The Kier molecular flexibility index (Phi) is 4.75. The first-order valence-corrected chi connectivity index (χ1v) is 5.52. The quantitative estimate of drug-likeness (QED) is 0.823. The van der Waals surface area contributed by atoms with Gasteiger partial charge in [0.2, 0.25) is 0 Å². The average Bonchev–Trinajstić information content (AvgIpc) is 2.17. The first-order valence-electron chi connectivity index (χ1n) is 4.73. The molecule has 0 saturated carbocycles. The van der Waals surface area contributed by atoms with Crippen molar-refractivity contribution in [3.63, 3.8) is 0 Å². The number of carbonyl (C=O) groups excluding carboxylic acids is 1. The molecule has 1 rings (SSSR count). The summed E-state index contributed by atoms with van der Waals surface area (Å²) in [5.41, 5.74) is 0. The zero-order valence-corrected chi connectivity index (χ0v) is 10.0. The van der Waals surface area contributed by atoms with Gasteiger partial charge in [-0.05, 0) is 40.5 Å². The highest BCUT2D eigenvalue weighted by Crippen LogP contribution is 2.25. The second kappa shape index (κ2) is 5.85. The van der Waals surface area contributed by atoms with Crippen LogP contribution in [0.2, 0.25) is 0 Å². The predicted octanol–water partition coefficient (Wildman–Crippen LogP) is 3.34. The van der Waals surface area contributed by atoms with E-state index in [1.54, 1.807) is 0 Å². The van der Waals surface area contributed by atoms with Gasteiger partial charge in [-0.2, -0.15) is 0 Å². The Bertz CT molecular complexity index is 352. The number of Topliss-reactive ketones (excluding diaryl/α,β-unsaturated/α-hetero) is 1. The minimum absolute atomic E-state index is 0.0398. The van der Waals surface area contributed by atoms with E-state index in [-0.39, 0.29) is 18.2 Å². The van der Waals surface area contributed by atoms with E-state index in [0.29, 0.717) is 16.6 Å². The lowest BCUT2D eigenvalue weighted by Gasteiger charge is -2.06. The molecular formula is C11H12BrFO2.